The van der Waals surface area contributed by atoms with Gasteiger partial charge in [0.15, 0.2) is 0 Å². The summed E-state index contributed by atoms with van der Waals surface area (Å²) in [4.78, 5) is 23.1. The Bertz CT molecular complexity index is 254. The topological polar surface area (TPSA) is 61.8 Å². The van der Waals surface area contributed by atoms with E-state index in [1.165, 1.54) is 0 Å². The molecule has 7 heteroatoms. The SMILES string of the molecule is CCOOB(OONC)c1cccnc1. The van der Waals surface area contributed by atoms with Crippen molar-refractivity contribution < 1.29 is 19.5 Å². The molecule has 0 aliphatic heterocycles. The largest absolute Gasteiger partial charge is 0.559 e. The molecule has 0 aromatic carbocycles. The molecule has 0 atom stereocenters. The minimum atomic E-state index is -0.772. The van der Waals surface area contributed by atoms with Crippen molar-refractivity contribution in [3.05, 3.63) is 24.5 Å². The second-order valence-electron chi connectivity index (χ2n) is 2.50. The Hall–Kier alpha value is -0.985. The molecule has 1 aromatic rings. The number of rotatable bonds is 7. The van der Waals surface area contributed by atoms with Gasteiger partial charge in [0.1, 0.15) is 0 Å². The number of nitrogens with one attached hydrogen (secondary N) is 1. The summed E-state index contributed by atoms with van der Waals surface area (Å²) in [6, 6.07) is 3.55. The molecule has 15 heavy (non-hydrogen) atoms. The molecule has 0 unspecified atom stereocenters. The highest BCUT2D eigenvalue weighted by atomic mass is 17.3. The van der Waals surface area contributed by atoms with Gasteiger partial charge in [-0.25, -0.2) is 9.69 Å². The molecular weight excluding hydrogens is 199 g/mol. The van der Waals surface area contributed by atoms with E-state index >= 15 is 0 Å². The normalized spacial score (nSPS) is 10.3. The Morgan fingerprint density at radius 1 is 1.47 bits per heavy atom. The molecule has 1 N–H and O–H groups in total. The van der Waals surface area contributed by atoms with Crippen LogP contribution >= 0.6 is 0 Å². The van der Waals surface area contributed by atoms with Crippen molar-refractivity contribution in [3.8, 4) is 0 Å². The third-order valence-electron chi connectivity index (χ3n) is 1.45. The molecule has 0 fully saturated rings. The maximum atomic E-state index is 4.95. The van der Waals surface area contributed by atoms with Crippen LogP contribution in [0.15, 0.2) is 24.5 Å². The number of aromatic nitrogens is 1. The number of pyridine rings is 1. The Morgan fingerprint density at radius 2 is 2.33 bits per heavy atom. The lowest BCUT2D eigenvalue weighted by Crippen LogP contribution is -2.38. The minimum absolute atomic E-state index is 0.416. The summed E-state index contributed by atoms with van der Waals surface area (Å²) in [7, 11) is 0.798. The van der Waals surface area contributed by atoms with Crippen LogP contribution in [0, 0.1) is 0 Å². The zero-order chi connectivity index (χ0) is 10.9. The Kier molecular flexibility index (Phi) is 5.90. The lowest BCUT2D eigenvalue weighted by atomic mass is 9.81. The Morgan fingerprint density at radius 3 is 2.93 bits per heavy atom. The first-order valence-corrected chi connectivity index (χ1v) is 4.55. The van der Waals surface area contributed by atoms with E-state index in [0.29, 0.717) is 12.1 Å². The molecule has 0 saturated heterocycles. The molecule has 1 rings (SSSR count). The van der Waals surface area contributed by atoms with Gasteiger partial charge in [0.05, 0.1) is 6.61 Å². The van der Waals surface area contributed by atoms with Crippen LogP contribution in [0.5, 0.6) is 0 Å². The van der Waals surface area contributed by atoms with Gasteiger partial charge in [0.25, 0.3) is 0 Å². The molecule has 0 amide bonds. The minimum Gasteiger partial charge on any atom is -0.265 e. The zero-order valence-electron chi connectivity index (χ0n) is 8.67. The molecule has 0 aliphatic rings. The van der Waals surface area contributed by atoms with Crippen LogP contribution in [0.25, 0.3) is 0 Å². The molecule has 0 radical (unpaired) electrons. The van der Waals surface area contributed by atoms with Gasteiger partial charge >= 0.3 is 7.12 Å². The molecule has 0 saturated carbocycles. The van der Waals surface area contributed by atoms with Gasteiger partial charge in [-0.1, -0.05) is 6.07 Å². The third kappa shape index (κ3) is 4.37. The van der Waals surface area contributed by atoms with Crippen molar-refractivity contribution in [2.24, 2.45) is 0 Å². The van der Waals surface area contributed by atoms with E-state index in [2.05, 4.69) is 15.5 Å². The Balaban J connectivity index is 2.55. The van der Waals surface area contributed by atoms with E-state index in [1.807, 2.05) is 0 Å². The van der Waals surface area contributed by atoms with E-state index in [0.717, 1.165) is 0 Å². The first-order chi connectivity index (χ1) is 7.38. The predicted molar refractivity (Wildman–Crippen MR) is 53.6 cm³/mol. The van der Waals surface area contributed by atoms with Crippen molar-refractivity contribution >= 4 is 12.6 Å². The van der Waals surface area contributed by atoms with Crippen molar-refractivity contribution in [3.63, 3.8) is 0 Å². The second kappa shape index (κ2) is 7.33. The Labute approximate surface area is 88.5 Å². The van der Waals surface area contributed by atoms with Crippen LogP contribution in [-0.2, 0) is 19.5 Å². The highest BCUT2D eigenvalue weighted by Gasteiger charge is 2.24. The van der Waals surface area contributed by atoms with Crippen molar-refractivity contribution in [2.45, 2.75) is 6.92 Å². The van der Waals surface area contributed by atoms with E-state index in [-0.39, 0.29) is 0 Å². The standard InChI is InChI=1S/C8H13BN2O4/c1-3-12-13-9(14-15-10-2)8-5-4-6-11-7-8/h4-7,10H,3H2,1-2H3. The monoisotopic (exact) mass is 212 g/mol. The molecule has 0 spiro atoms. The van der Waals surface area contributed by atoms with Gasteiger partial charge < -0.3 is 0 Å². The molecule has 0 aliphatic carbocycles. The summed E-state index contributed by atoms with van der Waals surface area (Å²) >= 11 is 0. The predicted octanol–water partition coefficient (Wildman–Crippen LogP) is -0.173. The van der Waals surface area contributed by atoms with Crippen molar-refractivity contribution in [1.29, 1.82) is 0 Å². The maximum Gasteiger partial charge on any atom is 0.559 e. The lowest BCUT2D eigenvalue weighted by molar-refractivity contribution is -0.301. The van der Waals surface area contributed by atoms with Crippen molar-refractivity contribution in [2.75, 3.05) is 13.7 Å². The average Bonchev–Trinajstić information content (AvgIpc) is 2.30. The van der Waals surface area contributed by atoms with Crippen LogP contribution in [0.2, 0.25) is 0 Å². The number of nitrogens with zero attached hydrogens (tertiary/aromatic N) is 1. The summed E-state index contributed by atoms with van der Waals surface area (Å²) < 4.78 is 0. The van der Waals surface area contributed by atoms with E-state index < -0.39 is 7.12 Å². The van der Waals surface area contributed by atoms with Crippen molar-refractivity contribution in [1.82, 2.24) is 10.5 Å². The fourth-order valence-corrected chi connectivity index (χ4v) is 0.864. The van der Waals surface area contributed by atoms with E-state index in [9.17, 15) is 0 Å². The first-order valence-electron chi connectivity index (χ1n) is 4.55. The van der Waals surface area contributed by atoms with Crippen LogP contribution in [0.3, 0.4) is 0 Å². The van der Waals surface area contributed by atoms with Gasteiger partial charge in [-0.2, -0.15) is 10.5 Å². The summed E-state index contributed by atoms with van der Waals surface area (Å²) in [6.07, 6.45) is 3.25. The van der Waals surface area contributed by atoms with Crippen LogP contribution in [0.4, 0.5) is 0 Å². The molecule has 1 aromatic heterocycles. The van der Waals surface area contributed by atoms with Gasteiger partial charge in [0.2, 0.25) is 0 Å². The summed E-state index contributed by atoms with van der Waals surface area (Å²) in [5, 5.41) is 0. The van der Waals surface area contributed by atoms with Gasteiger partial charge in [0, 0.05) is 24.9 Å². The van der Waals surface area contributed by atoms with Crippen LogP contribution in [-0.4, -0.2) is 25.8 Å². The number of hydroxylamine groups is 1. The van der Waals surface area contributed by atoms with Crippen LogP contribution < -0.4 is 10.9 Å². The van der Waals surface area contributed by atoms with Gasteiger partial charge in [-0.15, -0.1) is 0 Å². The highest BCUT2D eigenvalue weighted by Crippen LogP contribution is 1.93. The third-order valence-corrected chi connectivity index (χ3v) is 1.45. The first kappa shape index (κ1) is 12.1. The maximum absolute atomic E-state index is 4.95. The summed E-state index contributed by atoms with van der Waals surface area (Å²) in [5.41, 5.74) is 3.06. The summed E-state index contributed by atoms with van der Waals surface area (Å²) in [6.45, 7) is 2.22. The lowest BCUT2D eigenvalue weighted by Gasteiger charge is -2.10. The fraction of sp³-hybridized carbons (Fsp3) is 0.375. The zero-order valence-corrected chi connectivity index (χ0v) is 8.67. The van der Waals surface area contributed by atoms with Gasteiger partial charge in [-0.05, 0) is 13.0 Å². The van der Waals surface area contributed by atoms with E-state index in [4.69, 9.17) is 14.5 Å². The highest BCUT2D eigenvalue weighted by molar-refractivity contribution is 6.60. The quantitative estimate of drug-likeness (QED) is 0.384. The molecule has 82 valence electrons. The van der Waals surface area contributed by atoms with Gasteiger partial charge in [-0.3, -0.25) is 9.79 Å². The molecule has 6 nitrogen and oxygen atoms in total. The number of hydrogen-bond donors (Lipinski definition) is 1. The fourth-order valence-electron chi connectivity index (χ4n) is 0.864. The second-order valence-corrected chi connectivity index (χ2v) is 2.50. The van der Waals surface area contributed by atoms with Crippen LogP contribution in [0.1, 0.15) is 6.92 Å². The van der Waals surface area contributed by atoms with E-state index in [1.54, 1.807) is 38.5 Å². The molecular formula is C8H13BN2O4. The molecule has 0 bridgehead atoms. The summed E-state index contributed by atoms with van der Waals surface area (Å²) in [5.74, 6) is 0. The number of hydrogen-bond acceptors (Lipinski definition) is 6. The average molecular weight is 212 g/mol. The smallest absolute Gasteiger partial charge is 0.265 e. The molecule has 1 heterocycles.